The van der Waals surface area contributed by atoms with E-state index in [9.17, 15) is 15.4 Å². The van der Waals surface area contributed by atoms with Crippen LogP contribution < -0.4 is 0 Å². The standard InChI is InChI=1S/C20H38N2O4Si/c1-10-25-17(23)16(22-21)20(24)12-11-14(18(2,3)4)13-15(20)26-27(8,9)19(5,6)7/h14-15,24H,10-13H2,1-9H3/t14-,15-,20+/m1/s1. The number of carbonyl (C=O) groups is 1. The molecular weight excluding hydrogens is 360 g/mol. The number of hydrogen-bond donors (Lipinski definition) is 1. The highest BCUT2D eigenvalue weighted by molar-refractivity contribution is 6.74. The molecule has 1 N–H and O–H groups in total. The van der Waals surface area contributed by atoms with Gasteiger partial charge in [-0.25, -0.2) is 4.79 Å². The average molecular weight is 399 g/mol. The van der Waals surface area contributed by atoms with Crippen LogP contribution in [0.25, 0.3) is 5.53 Å². The second-order valence-electron chi connectivity index (χ2n) is 10.3. The molecule has 1 fully saturated rings. The van der Waals surface area contributed by atoms with Crippen molar-refractivity contribution in [2.45, 2.75) is 97.6 Å². The summed E-state index contributed by atoms with van der Waals surface area (Å²) in [6, 6.07) is 0. The van der Waals surface area contributed by atoms with Crippen LogP contribution in [0, 0.1) is 11.3 Å². The molecule has 0 heterocycles. The molecule has 156 valence electrons. The van der Waals surface area contributed by atoms with Gasteiger partial charge in [-0.1, -0.05) is 41.5 Å². The molecule has 27 heavy (non-hydrogen) atoms. The van der Waals surface area contributed by atoms with Crippen molar-refractivity contribution in [1.29, 1.82) is 0 Å². The molecule has 1 aliphatic carbocycles. The summed E-state index contributed by atoms with van der Waals surface area (Å²) in [4.78, 5) is 15.5. The van der Waals surface area contributed by atoms with Gasteiger partial charge in [0.05, 0.1) is 12.7 Å². The largest absolute Gasteiger partial charge is 0.457 e. The van der Waals surface area contributed by atoms with E-state index in [1.807, 2.05) is 0 Å². The Morgan fingerprint density at radius 3 is 2.22 bits per heavy atom. The van der Waals surface area contributed by atoms with Gasteiger partial charge in [0.25, 0.3) is 0 Å². The Morgan fingerprint density at radius 2 is 1.81 bits per heavy atom. The molecule has 1 aliphatic rings. The fourth-order valence-corrected chi connectivity index (χ4v) is 4.72. The van der Waals surface area contributed by atoms with Crippen molar-refractivity contribution in [3.63, 3.8) is 0 Å². The molecule has 0 aliphatic heterocycles. The molecule has 0 bridgehead atoms. The Bertz CT molecular complexity index is 600. The first kappa shape index (κ1) is 24.0. The topological polar surface area (TPSA) is 92.2 Å². The third kappa shape index (κ3) is 5.28. The molecule has 7 heteroatoms. The first-order valence-corrected chi connectivity index (χ1v) is 12.8. The molecule has 3 atom stereocenters. The number of ether oxygens (including phenoxy) is 1. The van der Waals surface area contributed by atoms with Crippen molar-refractivity contribution in [3.05, 3.63) is 5.53 Å². The third-order valence-corrected chi connectivity index (χ3v) is 10.8. The van der Waals surface area contributed by atoms with Crippen LogP contribution in [0.4, 0.5) is 0 Å². The van der Waals surface area contributed by atoms with Gasteiger partial charge >= 0.3 is 11.7 Å². The highest BCUT2D eigenvalue weighted by atomic mass is 28.4. The molecule has 0 aromatic heterocycles. The zero-order valence-corrected chi connectivity index (χ0v) is 19.5. The minimum atomic E-state index is -2.23. The van der Waals surface area contributed by atoms with E-state index < -0.39 is 26.0 Å². The Balaban J connectivity index is 3.35. The number of esters is 1. The molecule has 0 amide bonds. The zero-order valence-electron chi connectivity index (χ0n) is 18.5. The van der Waals surface area contributed by atoms with Crippen molar-refractivity contribution < 1.29 is 23.9 Å². The second kappa shape index (κ2) is 8.16. The number of rotatable bonds is 5. The van der Waals surface area contributed by atoms with E-state index in [0.717, 1.165) is 6.42 Å². The molecule has 1 rings (SSSR count). The maximum atomic E-state index is 12.3. The van der Waals surface area contributed by atoms with Crippen molar-refractivity contribution in [2.75, 3.05) is 6.61 Å². The predicted octanol–water partition coefficient (Wildman–Crippen LogP) is 4.19. The van der Waals surface area contributed by atoms with Gasteiger partial charge in [0.2, 0.25) is 0 Å². The fraction of sp³-hybridized carbons (Fsp3) is 0.900. The van der Waals surface area contributed by atoms with Crippen LogP contribution in [0.5, 0.6) is 0 Å². The quantitative estimate of drug-likeness (QED) is 0.247. The first-order valence-electron chi connectivity index (χ1n) is 9.90. The van der Waals surface area contributed by atoms with E-state index in [4.69, 9.17) is 9.16 Å². The summed E-state index contributed by atoms with van der Waals surface area (Å²) >= 11 is 0. The Morgan fingerprint density at radius 1 is 1.26 bits per heavy atom. The number of hydrogen-bond acceptors (Lipinski definition) is 4. The molecule has 0 saturated heterocycles. The molecule has 1 saturated carbocycles. The van der Waals surface area contributed by atoms with Crippen LogP contribution in [0.2, 0.25) is 18.1 Å². The molecule has 0 aromatic carbocycles. The van der Waals surface area contributed by atoms with Gasteiger partial charge in [-0.05, 0) is 55.7 Å². The molecule has 0 aromatic rings. The second-order valence-corrected chi connectivity index (χ2v) is 15.1. The van der Waals surface area contributed by atoms with Crippen LogP contribution >= 0.6 is 0 Å². The Hall–Kier alpha value is -1.01. The van der Waals surface area contributed by atoms with Crippen LogP contribution in [0.15, 0.2) is 0 Å². The lowest BCUT2D eigenvalue weighted by Gasteiger charge is -2.48. The summed E-state index contributed by atoms with van der Waals surface area (Å²) in [5.74, 6) is -0.463. The van der Waals surface area contributed by atoms with Crippen LogP contribution in [0.1, 0.15) is 67.7 Å². The fourth-order valence-electron chi connectivity index (χ4n) is 3.37. The minimum Gasteiger partial charge on any atom is -0.457 e. The average Bonchev–Trinajstić information content (AvgIpc) is 2.48. The van der Waals surface area contributed by atoms with Gasteiger partial charge in [-0.2, -0.15) is 4.79 Å². The van der Waals surface area contributed by atoms with Crippen LogP contribution in [-0.4, -0.2) is 48.2 Å². The van der Waals surface area contributed by atoms with Gasteiger partial charge < -0.3 is 19.8 Å². The monoisotopic (exact) mass is 398 g/mol. The lowest BCUT2D eigenvalue weighted by Crippen LogP contribution is -2.61. The molecule has 0 spiro atoms. The van der Waals surface area contributed by atoms with E-state index in [1.54, 1.807) is 6.92 Å². The first-order chi connectivity index (χ1) is 12.1. The van der Waals surface area contributed by atoms with E-state index in [2.05, 4.69) is 59.4 Å². The van der Waals surface area contributed by atoms with Crippen molar-refractivity contribution in [3.8, 4) is 0 Å². The van der Waals surface area contributed by atoms with Gasteiger partial charge in [0.1, 0.15) is 0 Å². The normalized spacial score (nSPS) is 27.0. The highest BCUT2D eigenvalue weighted by Crippen LogP contribution is 2.46. The van der Waals surface area contributed by atoms with E-state index >= 15 is 0 Å². The SMILES string of the molecule is CCOC(=O)C(=[N+]=[N-])[C@]1(O)CC[C@@H](C(C)(C)C)C[C@H]1O[Si](C)(C)C(C)(C)C. The molecule has 0 radical (unpaired) electrons. The van der Waals surface area contributed by atoms with Gasteiger partial charge in [-0.15, -0.1) is 0 Å². The lowest BCUT2D eigenvalue weighted by molar-refractivity contribution is -0.150. The van der Waals surface area contributed by atoms with Gasteiger partial charge in [0, 0.05) is 0 Å². The maximum Gasteiger partial charge on any atom is 0.420 e. The summed E-state index contributed by atoms with van der Waals surface area (Å²) in [6.07, 6.45) is 0.999. The van der Waals surface area contributed by atoms with E-state index in [0.29, 0.717) is 18.8 Å². The summed E-state index contributed by atoms with van der Waals surface area (Å²) in [6.45, 7) is 19.0. The summed E-state index contributed by atoms with van der Waals surface area (Å²) in [5, 5.41) is 11.5. The Kier molecular flexibility index (Phi) is 7.26. The van der Waals surface area contributed by atoms with Crippen molar-refractivity contribution in [2.24, 2.45) is 11.3 Å². The number of aliphatic hydroxyl groups is 1. The Labute approximate surface area is 165 Å². The molecule has 6 nitrogen and oxygen atoms in total. The zero-order chi connectivity index (χ0) is 21.3. The van der Waals surface area contributed by atoms with Gasteiger partial charge in [-0.3, -0.25) is 0 Å². The van der Waals surface area contributed by atoms with Gasteiger partial charge in [0.15, 0.2) is 13.9 Å². The lowest BCUT2D eigenvalue weighted by atomic mass is 9.66. The minimum absolute atomic E-state index is 0.0524. The predicted molar refractivity (Wildman–Crippen MR) is 109 cm³/mol. The van der Waals surface area contributed by atoms with Crippen molar-refractivity contribution in [1.82, 2.24) is 0 Å². The molecule has 0 unspecified atom stereocenters. The third-order valence-electron chi connectivity index (χ3n) is 6.35. The van der Waals surface area contributed by atoms with E-state index in [-0.39, 0.29) is 22.8 Å². The smallest absolute Gasteiger partial charge is 0.420 e. The summed E-state index contributed by atoms with van der Waals surface area (Å²) in [5.41, 5.74) is 7.58. The summed E-state index contributed by atoms with van der Waals surface area (Å²) < 4.78 is 11.6. The van der Waals surface area contributed by atoms with Crippen molar-refractivity contribution >= 4 is 20.0 Å². The van der Waals surface area contributed by atoms with E-state index in [1.165, 1.54) is 0 Å². The van der Waals surface area contributed by atoms with Crippen LogP contribution in [-0.2, 0) is 14.0 Å². The molecular formula is C20H38N2O4Si. The highest BCUT2D eigenvalue weighted by Gasteiger charge is 2.58. The number of nitrogens with zero attached hydrogens (tertiary/aromatic N) is 2. The summed E-state index contributed by atoms with van der Waals surface area (Å²) in [7, 11) is -2.23. The maximum absolute atomic E-state index is 12.3. The number of carbonyl (C=O) groups excluding carboxylic acids is 1. The van der Waals surface area contributed by atoms with Crippen LogP contribution in [0.3, 0.4) is 0 Å².